The lowest BCUT2D eigenvalue weighted by atomic mass is 9.73. The van der Waals surface area contributed by atoms with Crippen molar-refractivity contribution >= 4 is 40.8 Å². The average Bonchev–Trinajstić information content (AvgIpc) is 3.63. The van der Waals surface area contributed by atoms with Gasteiger partial charge in [0.1, 0.15) is 16.9 Å². The van der Waals surface area contributed by atoms with E-state index in [1.165, 1.54) is 11.8 Å². The normalized spacial score (nSPS) is 17.8. The van der Waals surface area contributed by atoms with E-state index in [9.17, 15) is 13.2 Å². The smallest absolute Gasteiger partial charge is 0.475 e. The number of imidazole rings is 1. The van der Waals surface area contributed by atoms with Crippen molar-refractivity contribution in [2.45, 2.75) is 41.5 Å². The molecule has 0 radical (unpaired) electrons. The number of piperidine rings is 1. The standard InChI is InChI=1S/C22H20ClN9S.C2HF3O2/c23-19-16(2-6-31-12-14(9-24)29-21(19)31)33-18-11-26-17(10-27-18)30-7-3-22(4-8-30)13-32-15(20(22)25)1-5-28-32;3-2(4,5)1(6)7/h1-2,5-6,10-12,20H,3-4,7-8,13,25H2;(H,6,7)/t20-;/m1./s1. The molecule has 0 bridgehead atoms. The number of aliphatic carboxylic acids is 1. The maximum atomic E-state index is 10.6. The number of anilines is 1. The minimum absolute atomic E-state index is 0.0356. The van der Waals surface area contributed by atoms with Gasteiger partial charge in [0.25, 0.3) is 0 Å². The van der Waals surface area contributed by atoms with Gasteiger partial charge >= 0.3 is 12.1 Å². The van der Waals surface area contributed by atoms with E-state index in [0.717, 1.165) is 53.9 Å². The number of fused-ring (bicyclic) bond motifs is 2. The van der Waals surface area contributed by atoms with E-state index in [0.29, 0.717) is 16.4 Å². The minimum atomic E-state index is -5.08. The van der Waals surface area contributed by atoms with Gasteiger partial charge in [-0.1, -0.05) is 23.4 Å². The van der Waals surface area contributed by atoms with E-state index in [1.807, 2.05) is 36.8 Å². The zero-order chi connectivity index (χ0) is 28.7. The highest BCUT2D eigenvalue weighted by molar-refractivity contribution is 7.99. The largest absolute Gasteiger partial charge is 0.490 e. The molecule has 2 aliphatic heterocycles. The Morgan fingerprint density at radius 3 is 2.58 bits per heavy atom. The van der Waals surface area contributed by atoms with E-state index < -0.39 is 12.1 Å². The van der Waals surface area contributed by atoms with Gasteiger partial charge in [0.05, 0.1) is 29.2 Å². The number of carboxylic acids is 1. The number of hydrogen-bond donors (Lipinski definition) is 2. The molecule has 0 unspecified atom stereocenters. The third kappa shape index (κ3) is 5.29. The van der Waals surface area contributed by atoms with Crippen molar-refractivity contribution < 1.29 is 23.1 Å². The van der Waals surface area contributed by atoms with Crippen LogP contribution in [-0.4, -0.2) is 59.5 Å². The highest BCUT2D eigenvalue weighted by Crippen LogP contribution is 2.47. The summed E-state index contributed by atoms with van der Waals surface area (Å²) in [5.41, 5.74) is 8.69. The fraction of sp³-hybridized carbons (Fsp3) is 0.333. The van der Waals surface area contributed by atoms with E-state index in [-0.39, 0.29) is 11.5 Å². The highest BCUT2D eigenvalue weighted by Gasteiger charge is 2.47. The van der Waals surface area contributed by atoms with Gasteiger partial charge < -0.3 is 20.1 Å². The first-order valence-electron chi connectivity index (χ1n) is 11.9. The molecule has 208 valence electrons. The fourth-order valence-electron chi connectivity index (χ4n) is 4.87. The van der Waals surface area contributed by atoms with Crippen LogP contribution < -0.4 is 10.6 Å². The third-order valence-electron chi connectivity index (χ3n) is 6.99. The summed E-state index contributed by atoms with van der Waals surface area (Å²) in [6, 6.07) is 5.99. The molecule has 1 atom stereocenters. The van der Waals surface area contributed by atoms with Crippen LogP contribution in [-0.2, 0) is 11.3 Å². The molecule has 4 aromatic rings. The minimum Gasteiger partial charge on any atom is -0.475 e. The van der Waals surface area contributed by atoms with Gasteiger partial charge in [-0.15, -0.1) is 0 Å². The Kier molecular flexibility index (Phi) is 7.34. The van der Waals surface area contributed by atoms with Crippen LogP contribution in [0.4, 0.5) is 19.0 Å². The Balaban J connectivity index is 0.000000411. The van der Waals surface area contributed by atoms with Crippen molar-refractivity contribution in [1.82, 2.24) is 29.1 Å². The number of carboxylic acid groups (broad SMARTS) is 1. The molecule has 40 heavy (non-hydrogen) atoms. The van der Waals surface area contributed by atoms with Gasteiger partial charge in [-0.25, -0.2) is 19.7 Å². The van der Waals surface area contributed by atoms with Crippen LogP contribution in [0.1, 0.15) is 30.3 Å². The van der Waals surface area contributed by atoms with Crippen molar-refractivity contribution in [1.29, 1.82) is 5.26 Å². The molecule has 6 heterocycles. The maximum absolute atomic E-state index is 10.6. The lowest BCUT2D eigenvalue weighted by molar-refractivity contribution is -0.192. The molecular formula is C24H21ClF3N9O2S. The quantitative estimate of drug-likeness (QED) is 0.358. The second kappa shape index (κ2) is 10.6. The van der Waals surface area contributed by atoms with Gasteiger partial charge in [0.15, 0.2) is 11.3 Å². The Hall–Kier alpha value is -3.87. The monoisotopic (exact) mass is 591 g/mol. The fourth-order valence-corrected chi connectivity index (χ4v) is 5.94. The van der Waals surface area contributed by atoms with E-state index in [2.05, 4.69) is 29.6 Å². The van der Waals surface area contributed by atoms with Gasteiger partial charge in [0.2, 0.25) is 0 Å². The predicted octanol–water partition coefficient (Wildman–Crippen LogP) is 3.93. The Morgan fingerprint density at radius 2 is 1.98 bits per heavy atom. The molecule has 0 amide bonds. The summed E-state index contributed by atoms with van der Waals surface area (Å²) >= 11 is 7.95. The second-order valence-corrected chi connectivity index (χ2v) is 10.8. The molecular weight excluding hydrogens is 571 g/mol. The van der Waals surface area contributed by atoms with Crippen LogP contribution >= 0.6 is 23.4 Å². The van der Waals surface area contributed by atoms with Crippen molar-refractivity contribution in [2.75, 3.05) is 18.0 Å². The van der Waals surface area contributed by atoms with Crippen LogP contribution in [0.25, 0.3) is 5.65 Å². The van der Waals surface area contributed by atoms with Crippen LogP contribution in [0.15, 0.2) is 53.0 Å². The number of nitriles is 1. The molecule has 6 rings (SSSR count). The van der Waals surface area contributed by atoms with Gasteiger partial charge in [0, 0.05) is 48.5 Å². The van der Waals surface area contributed by atoms with Crippen molar-refractivity contribution in [3.05, 3.63) is 59.5 Å². The first kappa shape index (κ1) is 27.7. The summed E-state index contributed by atoms with van der Waals surface area (Å²) in [7, 11) is 0. The number of hydrogen-bond acceptors (Lipinski definition) is 9. The molecule has 1 saturated heterocycles. The summed E-state index contributed by atoms with van der Waals surface area (Å²) in [6.07, 6.45) is 5.82. The van der Waals surface area contributed by atoms with Crippen LogP contribution in [0.2, 0.25) is 5.02 Å². The number of nitrogens with two attached hydrogens (primary N) is 1. The van der Waals surface area contributed by atoms with Crippen LogP contribution in [0.3, 0.4) is 0 Å². The predicted molar refractivity (Wildman–Crippen MR) is 138 cm³/mol. The lowest BCUT2D eigenvalue weighted by Crippen LogP contribution is -2.45. The molecule has 16 heteroatoms. The zero-order valence-electron chi connectivity index (χ0n) is 20.6. The van der Waals surface area contributed by atoms with E-state index in [4.69, 9.17) is 32.5 Å². The number of rotatable bonds is 3. The summed E-state index contributed by atoms with van der Waals surface area (Å²) in [5.74, 6) is -1.89. The van der Waals surface area contributed by atoms with Gasteiger partial charge in [-0.3, -0.25) is 4.68 Å². The van der Waals surface area contributed by atoms with Crippen molar-refractivity contribution in [3.8, 4) is 6.07 Å². The van der Waals surface area contributed by atoms with Gasteiger partial charge in [-0.2, -0.15) is 23.5 Å². The topological polar surface area (TPSA) is 151 Å². The first-order chi connectivity index (χ1) is 19.0. The number of alkyl halides is 3. The van der Waals surface area contributed by atoms with Crippen molar-refractivity contribution in [3.63, 3.8) is 0 Å². The first-order valence-corrected chi connectivity index (χ1v) is 13.1. The summed E-state index contributed by atoms with van der Waals surface area (Å²) < 4.78 is 35.5. The molecule has 11 nitrogen and oxygen atoms in total. The number of nitrogens with zero attached hydrogens (tertiary/aromatic N) is 8. The molecule has 2 aliphatic rings. The number of pyridine rings is 1. The van der Waals surface area contributed by atoms with Crippen molar-refractivity contribution in [2.24, 2.45) is 11.1 Å². The average molecular weight is 592 g/mol. The maximum Gasteiger partial charge on any atom is 0.490 e. The molecule has 0 saturated carbocycles. The molecule has 4 aromatic heterocycles. The Morgan fingerprint density at radius 1 is 1.25 bits per heavy atom. The lowest BCUT2D eigenvalue weighted by Gasteiger charge is -2.41. The molecule has 1 spiro atoms. The Bertz CT molecular complexity index is 1590. The van der Waals surface area contributed by atoms with Crippen LogP contribution in [0, 0.1) is 16.7 Å². The second-order valence-electron chi connectivity index (χ2n) is 9.32. The highest BCUT2D eigenvalue weighted by atomic mass is 35.5. The number of carbonyl (C=O) groups is 1. The van der Waals surface area contributed by atoms with Gasteiger partial charge in [-0.05, 0) is 25.0 Å². The number of halogens is 4. The Labute approximate surface area is 234 Å². The molecule has 0 aromatic carbocycles. The van der Waals surface area contributed by atoms with E-state index in [1.54, 1.807) is 16.8 Å². The SMILES string of the molecule is N#Cc1cn2ccc(Sc3cnc(N4CCC5(CC4)Cn4nccc4[C@H]5N)cn3)c(Cl)c2n1.O=C(O)C(F)(F)F. The zero-order valence-corrected chi connectivity index (χ0v) is 22.2. The van der Waals surface area contributed by atoms with Crippen LogP contribution in [0.5, 0.6) is 0 Å². The molecule has 0 aliphatic carbocycles. The summed E-state index contributed by atoms with van der Waals surface area (Å²) in [6.45, 7) is 2.68. The summed E-state index contributed by atoms with van der Waals surface area (Å²) in [4.78, 5) is 25.5. The van der Waals surface area contributed by atoms with E-state index >= 15 is 0 Å². The third-order valence-corrected chi connectivity index (χ3v) is 8.46. The molecule has 1 fully saturated rings. The molecule has 3 N–H and O–H groups in total. The number of aromatic nitrogens is 6. The summed E-state index contributed by atoms with van der Waals surface area (Å²) in [5, 5.41) is 21.8.